The number of nitrogens with one attached hydrogen (secondary N) is 2. The summed E-state index contributed by atoms with van der Waals surface area (Å²) in [7, 11) is 0. The highest BCUT2D eigenvalue weighted by Gasteiger charge is 2.27. The average molecular weight is 408 g/mol. The number of carboxylic acid groups (broad SMARTS) is 2. The number of carboxylic acids is 2. The van der Waals surface area contributed by atoms with Crippen molar-refractivity contribution in [3.8, 4) is 0 Å². The quantitative estimate of drug-likeness (QED) is 0.365. The van der Waals surface area contributed by atoms with Gasteiger partial charge in [0.15, 0.2) is 0 Å². The Morgan fingerprint density at radius 2 is 1.55 bits per heavy atom. The Morgan fingerprint density at radius 3 is 2.10 bits per heavy atom. The molecule has 1 aromatic rings. The van der Waals surface area contributed by atoms with Gasteiger partial charge in [-0.05, 0) is 31.9 Å². The summed E-state index contributed by atoms with van der Waals surface area (Å²) in [6, 6.07) is 5.38. The molecule has 0 unspecified atom stereocenters. The summed E-state index contributed by atoms with van der Waals surface area (Å²) < 4.78 is 4.80. The van der Waals surface area contributed by atoms with Crippen LogP contribution in [0.1, 0.15) is 43.0 Å². The Morgan fingerprint density at radius 1 is 0.931 bits per heavy atom. The lowest BCUT2D eigenvalue weighted by atomic mass is 10.1. The van der Waals surface area contributed by atoms with Gasteiger partial charge in [0, 0.05) is 18.4 Å². The van der Waals surface area contributed by atoms with Crippen LogP contribution < -0.4 is 10.6 Å². The van der Waals surface area contributed by atoms with Crippen LogP contribution in [0.15, 0.2) is 30.3 Å². The molecule has 1 rings (SSSR count). The third-order valence-corrected chi connectivity index (χ3v) is 3.86. The SMILES string of the molecule is CCOC(=O)CC[C@H](NC(=O)c1ccccc1)C(=O)N[C@@H](CCC(=O)O)C(=O)O. The van der Waals surface area contributed by atoms with Crippen molar-refractivity contribution in [2.24, 2.45) is 0 Å². The van der Waals surface area contributed by atoms with Gasteiger partial charge in [-0.1, -0.05) is 18.2 Å². The second-order valence-corrected chi connectivity index (χ2v) is 6.07. The van der Waals surface area contributed by atoms with Crippen LogP contribution in [0.4, 0.5) is 0 Å². The molecule has 0 aliphatic heterocycles. The van der Waals surface area contributed by atoms with Crippen LogP contribution in [-0.2, 0) is 23.9 Å². The first-order valence-corrected chi connectivity index (χ1v) is 9.01. The smallest absolute Gasteiger partial charge is 0.326 e. The molecule has 0 fully saturated rings. The fourth-order valence-corrected chi connectivity index (χ4v) is 2.39. The summed E-state index contributed by atoms with van der Waals surface area (Å²) in [5.41, 5.74) is 0.280. The predicted octanol–water partition coefficient (Wildman–Crippen LogP) is 0.563. The number of benzene rings is 1. The molecular formula is C19H24N2O8. The molecule has 0 heterocycles. The van der Waals surface area contributed by atoms with Gasteiger partial charge < -0.3 is 25.6 Å². The van der Waals surface area contributed by atoms with Gasteiger partial charge in [0.1, 0.15) is 12.1 Å². The number of rotatable bonds is 12. The molecule has 0 spiro atoms. The second kappa shape index (κ2) is 12.1. The van der Waals surface area contributed by atoms with E-state index in [1.54, 1.807) is 25.1 Å². The predicted molar refractivity (Wildman–Crippen MR) is 100.0 cm³/mol. The van der Waals surface area contributed by atoms with Crippen molar-refractivity contribution in [2.75, 3.05) is 6.61 Å². The van der Waals surface area contributed by atoms with E-state index >= 15 is 0 Å². The van der Waals surface area contributed by atoms with Gasteiger partial charge in [0.25, 0.3) is 5.91 Å². The summed E-state index contributed by atoms with van der Waals surface area (Å²) in [5, 5.41) is 22.6. The maximum atomic E-state index is 12.6. The van der Waals surface area contributed by atoms with Crippen molar-refractivity contribution in [1.82, 2.24) is 10.6 Å². The lowest BCUT2D eigenvalue weighted by molar-refractivity contribution is -0.145. The average Bonchev–Trinajstić information content (AvgIpc) is 2.68. The summed E-state index contributed by atoms with van der Waals surface area (Å²) in [4.78, 5) is 58.5. The lowest BCUT2D eigenvalue weighted by Crippen LogP contribution is -2.51. The van der Waals surface area contributed by atoms with E-state index in [-0.39, 0.29) is 31.4 Å². The number of hydrogen-bond acceptors (Lipinski definition) is 6. The summed E-state index contributed by atoms with van der Waals surface area (Å²) in [5.74, 6) is -4.59. The number of carbonyl (C=O) groups is 5. The Labute approximate surface area is 167 Å². The molecule has 1 aromatic carbocycles. The number of aliphatic carboxylic acids is 2. The Balaban J connectivity index is 2.87. The number of amides is 2. The van der Waals surface area contributed by atoms with E-state index in [1.807, 2.05) is 0 Å². The van der Waals surface area contributed by atoms with Gasteiger partial charge in [-0.3, -0.25) is 19.2 Å². The van der Waals surface area contributed by atoms with Crippen LogP contribution in [0.25, 0.3) is 0 Å². The minimum Gasteiger partial charge on any atom is -0.481 e. The highest BCUT2D eigenvalue weighted by atomic mass is 16.5. The van der Waals surface area contributed by atoms with E-state index in [1.165, 1.54) is 12.1 Å². The molecule has 2 atom stereocenters. The van der Waals surface area contributed by atoms with Crippen LogP contribution in [0.2, 0.25) is 0 Å². The molecule has 0 saturated heterocycles. The number of carbonyl (C=O) groups excluding carboxylic acids is 3. The summed E-state index contributed by atoms with van der Waals surface area (Å²) >= 11 is 0. The van der Waals surface area contributed by atoms with Crippen molar-refractivity contribution >= 4 is 29.7 Å². The third kappa shape index (κ3) is 8.87. The van der Waals surface area contributed by atoms with Gasteiger partial charge >= 0.3 is 17.9 Å². The monoisotopic (exact) mass is 408 g/mol. The van der Waals surface area contributed by atoms with E-state index in [4.69, 9.17) is 9.84 Å². The Bertz CT molecular complexity index is 735. The number of esters is 1. The molecule has 0 aromatic heterocycles. The molecule has 29 heavy (non-hydrogen) atoms. The summed E-state index contributed by atoms with van der Waals surface area (Å²) in [6.45, 7) is 1.78. The highest BCUT2D eigenvalue weighted by molar-refractivity contribution is 5.98. The van der Waals surface area contributed by atoms with E-state index < -0.39 is 48.2 Å². The molecule has 2 amide bonds. The van der Waals surface area contributed by atoms with Crippen LogP contribution in [0, 0.1) is 0 Å². The molecule has 0 aliphatic rings. The first-order chi connectivity index (χ1) is 13.7. The molecular weight excluding hydrogens is 384 g/mol. The zero-order valence-corrected chi connectivity index (χ0v) is 15.9. The van der Waals surface area contributed by atoms with Gasteiger partial charge in [0.05, 0.1) is 6.61 Å². The van der Waals surface area contributed by atoms with Gasteiger partial charge in [-0.15, -0.1) is 0 Å². The molecule has 4 N–H and O–H groups in total. The van der Waals surface area contributed by atoms with E-state index in [2.05, 4.69) is 10.6 Å². The second-order valence-electron chi connectivity index (χ2n) is 6.07. The van der Waals surface area contributed by atoms with Crippen LogP contribution in [0.5, 0.6) is 0 Å². The normalized spacial score (nSPS) is 12.3. The Hall–Kier alpha value is -3.43. The molecule has 10 nitrogen and oxygen atoms in total. The van der Waals surface area contributed by atoms with Crippen LogP contribution in [-0.4, -0.2) is 58.6 Å². The first kappa shape index (κ1) is 23.6. The zero-order valence-electron chi connectivity index (χ0n) is 15.9. The standard InChI is InChI=1S/C19H24N2O8/c1-2-29-16(24)11-9-13(20-17(25)12-6-4-3-5-7-12)18(26)21-14(19(27)28)8-10-15(22)23/h3-7,13-14H,2,8-11H2,1H3,(H,20,25)(H,21,26)(H,22,23)(H,27,28)/t13-,14-/m0/s1. The molecule has 0 aliphatic carbocycles. The number of ether oxygens (including phenoxy) is 1. The number of hydrogen-bond donors (Lipinski definition) is 4. The molecule has 0 radical (unpaired) electrons. The van der Waals surface area contributed by atoms with Crippen molar-refractivity contribution in [2.45, 2.75) is 44.7 Å². The third-order valence-electron chi connectivity index (χ3n) is 3.86. The Kier molecular flexibility index (Phi) is 9.86. The van der Waals surface area contributed by atoms with E-state index in [0.717, 1.165) is 0 Å². The van der Waals surface area contributed by atoms with Crippen molar-refractivity contribution in [1.29, 1.82) is 0 Å². The van der Waals surface area contributed by atoms with Crippen LogP contribution in [0.3, 0.4) is 0 Å². The van der Waals surface area contributed by atoms with Gasteiger partial charge in [-0.25, -0.2) is 4.79 Å². The van der Waals surface area contributed by atoms with Crippen molar-refractivity contribution in [3.05, 3.63) is 35.9 Å². The largest absolute Gasteiger partial charge is 0.481 e. The van der Waals surface area contributed by atoms with Gasteiger partial charge in [-0.2, -0.15) is 0 Å². The van der Waals surface area contributed by atoms with Crippen LogP contribution >= 0.6 is 0 Å². The van der Waals surface area contributed by atoms with Crippen molar-refractivity contribution in [3.63, 3.8) is 0 Å². The minimum absolute atomic E-state index is 0.117. The maximum Gasteiger partial charge on any atom is 0.326 e. The molecule has 10 heteroatoms. The highest BCUT2D eigenvalue weighted by Crippen LogP contribution is 2.06. The molecule has 0 saturated carbocycles. The zero-order chi connectivity index (χ0) is 21.8. The summed E-state index contributed by atoms with van der Waals surface area (Å²) in [6.07, 6.45) is -1.07. The first-order valence-electron chi connectivity index (χ1n) is 9.01. The topological polar surface area (TPSA) is 159 Å². The van der Waals surface area contributed by atoms with E-state index in [9.17, 15) is 29.1 Å². The van der Waals surface area contributed by atoms with E-state index in [0.29, 0.717) is 0 Å². The molecule has 158 valence electrons. The fraction of sp³-hybridized carbons (Fsp3) is 0.421. The van der Waals surface area contributed by atoms with Gasteiger partial charge in [0.2, 0.25) is 5.91 Å². The lowest BCUT2D eigenvalue weighted by Gasteiger charge is -2.21. The van der Waals surface area contributed by atoms with Crippen molar-refractivity contribution < 1.29 is 38.9 Å². The molecule has 0 bridgehead atoms. The fourth-order valence-electron chi connectivity index (χ4n) is 2.39. The maximum absolute atomic E-state index is 12.6. The minimum atomic E-state index is -1.45.